The van der Waals surface area contributed by atoms with Crippen LogP contribution in [0.1, 0.15) is 22.0 Å². The van der Waals surface area contributed by atoms with Gasteiger partial charge in [0.15, 0.2) is 5.76 Å². The van der Waals surface area contributed by atoms with Gasteiger partial charge in [0.2, 0.25) is 0 Å². The van der Waals surface area contributed by atoms with Crippen LogP contribution in [-0.4, -0.2) is 17.4 Å². The van der Waals surface area contributed by atoms with Crippen molar-refractivity contribution in [3.8, 4) is 0 Å². The summed E-state index contributed by atoms with van der Waals surface area (Å²) >= 11 is 0. The lowest BCUT2D eigenvalue weighted by atomic mass is 10.2. The number of amides is 1. The quantitative estimate of drug-likeness (QED) is 0.826. The molecule has 2 aromatic heterocycles. The highest BCUT2D eigenvalue weighted by atomic mass is 16.4. The van der Waals surface area contributed by atoms with Crippen molar-refractivity contribution in [2.45, 2.75) is 13.0 Å². The summed E-state index contributed by atoms with van der Waals surface area (Å²) in [4.78, 5) is 15.9. The summed E-state index contributed by atoms with van der Waals surface area (Å²) in [6.45, 7) is 0.815. The Bertz CT molecular complexity index is 508. The fourth-order valence-electron chi connectivity index (χ4n) is 1.55. The molecular formula is C13H15N3O2. The van der Waals surface area contributed by atoms with E-state index in [4.69, 9.17) is 10.2 Å². The second-order valence-corrected chi connectivity index (χ2v) is 3.80. The van der Waals surface area contributed by atoms with Crippen molar-refractivity contribution in [1.82, 2.24) is 10.3 Å². The van der Waals surface area contributed by atoms with Crippen molar-refractivity contribution in [2.75, 3.05) is 6.54 Å². The summed E-state index contributed by atoms with van der Waals surface area (Å²) in [7, 11) is 0. The van der Waals surface area contributed by atoms with E-state index in [1.54, 1.807) is 18.3 Å². The fourth-order valence-corrected chi connectivity index (χ4v) is 1.55. The Balaban J connectivity index is 1.81. The number of pyridine rings is 1. The number of furan rings is 1. The molecule has 0 aliphatic rings. The van der Waals surface area contributed by atoms with Gasteiger partial charge in [-0.25, -0.2) is 0 Å². The molecule has 2 heterocycles. The standard InChI is InChI=1S/C13H15N3O2/c14-9-11-4-5-12(18-11)13(17)16-8-6-10-3-1-2-7-15-10/h1-5,7H,6,8-9,14H2,(H,16,17). The minimum Gasteiger partial charge on any atom is -0.455 e. The van der Waals surface area contributed by atoms with Crippen LogP contribution < -0.4 is 11.1 Å². The summed E-state index contributed by atoms with van der Waals surface area (Å²) in [5.74, 6) is 0.659. The maximum Gasteiger partial charge on any atom is 0.287 e. The lowest BCUT2D eigenvalue weighted by molar-refractivity contribution is 0.0924. The largest absolute Gasteiger partial charge is 0.455 e. The molecule has 1 amide bonds. The van der Waals surface area contributed by atoms with E-state index in [9.17, 15) is 4.79 Å². The van der Waals surface area contributed by atoms with Crippen LogP contribution in [0.25, 0.3) is 0 Å². The number of carbonyl (C=O) groups excluding carboxylic acids is 1. The Morgan fingerprint density at radius 1 is 1.33 bits per heavy atom. The Morgan fingerprint density at radius 2 is 2.22 bits per heavy atom. The molecule has 0 fully saturated rings. The van der Waals surface area contributed by atoms with Gasteiger partial charge in [0.25, 0.3) is 5.91 Å². The first-order valence-electron chi connectivity index (χ1n) is 5.76. The number of nitrogens with zero attached hydrogens (tertiary/aromatic N) is 1. The minimum absolute atomic E-state index is 0.231. The van der Waals surface area contributed by atoms with Crippen molar-refractivity contribution in [3.05, 3.63) is 53.7 Å². The van der Waals surface area contributed by atoms with E-state index in [-0.39, 0.29) is 11.7 Å². The first-order chi connectivity index (χ1) is 8.79. The Morgan fingerprint density at radius 3 is 2.89 bits per heavy atom. The molecule has 5 nitrogen and oxygen atoms in total. The smallest absolute Gasteiger partial charge is 0.287 e. The van der Waals surface area contributed by atoms with Crippen LogP contribution in [0.4, 0.5) is 0 Å². The zero-order valence-electron chi connectivity index (χ0n) is 9.93. The molecule has 0 unspecified atom stereocenters. The molecule has 2 rings (SSSR count). The van der Waals surface area contributed by atoms with Crippen LogP contribution in [0.2, 0.25) is 0 Å². The number of aromatic nitrogens is 1. The molecule has 0 radical (unpaired) electrons. The summed E-state index contributed by atoms with van der Waals surface area (Å²) in [6, 6.07) is 9.03. The van der Waals surface area contributed by atoms with Gasteiger partial charge in [0, 0.05) is 24.9 Å². The Labute approximate surface area is 105 Å². The lowest BCUT2D eigenvalue weighted by Gasteiger charge is -2.02. The molecule has 0 aromatic carbocycles. The molecule has 2 aromatic rings. The Kier molecular flexibility index (Phi) is 4.09. The molecule has 0 saturated carbocycles. The normalized spacial score (nSPS) is 10.3. The highest BCUT2D eigenvalue weighted by Crippen LogP contribution is 2.06. The summed E-state index contributed by atoms with van der Waals surface area (Å²) < 4.78 is 5.24. The first-order valence-corrected chi connectivity index (χ1v) is 5.76. The summed E-state index contributed by atoms with van der Waals surface area (Å²) in [5, 5.41) is 2.77. The van der Waals surface area contributed by atoms with Crippen LogP contribution in [0.3, 0.4) is 0 Å². The monoisotopic (exact) mass is 245 g/mol. The topological polar surface area (TPSA) is 81.2 Å². The van der Waals surface area contributed by atoms with E-state index >= 15 is 0 Å². The average Bonchev–Trinajstić information content (AvgIpc) is 2.89. The van der Waals surface area contributed by atoms with Crippen molar-refractivity contribution >= 4 is 5.91 Å². The van der Waals surface area contributed by atoms with E-state index in [0.717, 1.165) is 5.69 Å². The van der Waals surface area contributed by atoms with Crippen molar-refractivity contribution < 1.29 is 9.21 Å². The maximum atomic E-state index is 11.7. The zero-order valence-corrected chi connectivity index (χ0v) is 9.93. The molecule has 0 spiro atoms. The number of nitrogens with one attached hydrogen (secondary N) is 1. The minimum atomic E-state index is -0.231. The Hall–Kier alpha value is -2.14. The first kappa shape index (κ1) is 12.3. The second kappa shape index (κ2) is 5.97. The van der Waals surface area contributed by atoms with Crippen LogP contribution >= 0.6 is 0 Å². The number of rotatable bonds is 5. The van der Waals surface area contributed by atoms with E-state index in [0.29, 0.717) is 25.3 Å². The van der Waals surface area contributed by atoms with Crippen LogP contribution in [0.5, 0.6) is 0 Å². The van der Waals surface area contributed by atoms with E-state index in [1.165, 1.54) is 0 Å². The van der Waals surface area contributed by atoms with Crippen LogP contribution in [0.15, 0.2) is 40.9 Å². The highest BCUT2D eigenvalue weighted by Gasteiger charge is 2.09. The summed E-state index contributed by atoms with van der Waals surface area (Å²) in [5.41, 5.74) is 6.35. The predicted octanol–water partition coefficient (Wildman–Crippen LogP) is 1.11. The fraction of sp³-hybridized carbons (Fsp3) is 0.231. The SMILES string of the molecule is NCc1ccc(C(=O)NCCc2ccccn2)o1. The number of carbonyl (C=O) groups is 1. The molecular weight excluding hydrogens is 230 g/mol. The van der Waals surface area contributed by atoms with Crippen LogP contribution in [-0.2, 0) is 13.0 Å². The molecule has 0 bridgehead atoms. The molecule has 0 aliphatic heterocycles. The lowest BCUT2D eigenvalue weighted by Crippen LogP contribution is -2.25. The van der Waals surface area contributed by atoms with Crippen molar-refractivity contribution in [1.29, 1.82) is 0 Å². The predicted molar refractivity (Wildman–Crippen MR) is 66.9 cm³/mol. The van der Waals surface area contributed by atoms with Gasteiger partial charge < -0.3 is 15.5 Å². The second-order valence-electron chi connectivity index (χ2n) is 3.80. The number of nitrogens with two attached hydrogens (primary N) is 1. The molecule has 5 heteroatoms. The van der Waals surface area contributed by atoms with Gasteiger partial charge in [-0.15, -0.1) is 0 Å². The highest BCUT2D eigenvalue weighted by molar-refractivity contribution is 5.91. The number of hydrogen-bond acceptors (Lipinski definition) is 4. The average molecular weight is 245 g/mol. The third-order valence-electron chi connectivity index (χ3n) is 2.48. The third kappa shape index (κ3) is 3.18. The van der Waals surface area contributed by atoms with Gasteiger partial charge in [0.05, 0.1) is 6.54 Å². The maximum absolute atomic E-state index is 11.7. The third-order valence-corrected chi connectivity index (χ3v) is 2.48. The van der Waals surface area contributed by atoms with Gasteiger partial charge >= 0.3 is 0 Å². The van der Waals surface area contributed by atoms with Gasteiger partial charge in [0.1, 0.15) is 5.76 Å². The van der Waals surface area contributed by atoms with E-state index < -0.39 is 0 Å². The molecule has 3 N–H and O–H groups in total. The van der Waals surface area contributed by atoms with Gasteiger partial charge in [-0.2, -0.15) is 0 Å². The van der Waals surface area contributed by atoms with Crippen LogP contribution in [0, 0.1) is 0 Å². The van der Waals surface area contributed by atoms with E-state index in [1.807, 2.05) is 18.2 Å². The molecule has 0 aliphatic carbocycles. The van der Waals surface area contributed by atoms with Gasteiger partial charge in [-0.05, 0) is 24.3 Å². The van der Waals surface area contributed by atoms with Crippen molar-refractivity contribution in [3.63, 3.8) is 0 Å². The van der Waals surface area contributed by atoms with E-state index in [2.05, 4.69) is 10.3 Å². The van der Waals surface area contributed by atoms with Crippen molar-refractivity contribution in [2.24, 2.45) is 5.73 Å². The molecule has 94 valence electrons. The summed E-state index contributed by atoms with van der Waals surface area (Å²) in [6.07, 6.45) is 2.42. The number of hydrogen-bond donors (Lipinski definition) is 2. The van der Waals surface area contributed by atoms with Gasteiger partial charge in [-0.1, -0.05) is 6.07 Å². The molecule has 0 saturated heterocycles. The molecule has 0 atom stereocenters. The molecule has 18 heavy (non-hydrogen) atoms. The van der Waals surface area contributed by atoms with Gasteiger partial charge in [-0.3, -0.25) is 9.78 Å². The zero-order chi connectivity index (χ0) is 12.8.